The molecule has 38 heavy (non-hydrogen) atoms. The van der Waals surface area contributed by atoms with Crippen LogP contribution in [0.1, 0.15) is 87.0 Å². The number of ketones is 3. The summed E-state index contributed by atoms with van der Waals surface area (Å²) in [5, 5.41) is 22.4. The van der Waals surface area contributed by atoms with E-state index in [2.05, 4.69) is 6.92 Å². The van der Waals surface area contributed by atoms with Crippen molar-refractivity contribution in [1.29, 1.82) is 0 Å². The Morgan fingerprint density at radius 3 is 2.29 bits per heavy atom. The molecule has 0 amide bonds. The SMILES string of the molecule is COC(=O)C(C)CC(=O)C=C(C)C1CC(O)C2(C)C3=C(C(=O)CC12C)C1(C)CCC(O)C(C)(C)C1CC3=O. The smallest absolute Gasteiger partial charge is 0.308 e. The molecule has 7 nitrogen and oxygen atoms in total. The Balaban J connectivity index is 1.77. The van der Waals surface area contributed by atoms with Crippen molar-refractivity contribution in [2.45, 2.75) is 99.2 Å². The molecule has 210 valence electrons. The number of methoxy groups -OCH3 is 1. The molecule has 8 atom stereocenters. The molecular formula is C31H44O7. The summed E-state index contributed by atoms with van der Waals surface area (Å²) >= 11 is 0. The van der Waals surface area contributed by atoms with Crippen LogP contribution in [-0.2, 0) is 23.9 Å². The van der Waals surface area contributed by atoms with Crippen molar-refractivity contribution in [3.05, 3.63) is 22.8 Å². The quantitative estimate of drug-likeness (QED) is 0.407. The van der Waals surface area contributed by atoms with Crippen molar-refractivity contribution in [3.63, 3.8) is 0 Å². The third kappa shape index (κ3) is 3.82. The molecule has 0 radical (unpaired) electrons. The second-order valence-corrected chi connectivity index (χ2v) is 13.7. The maximum absolute atomic E-state index is 14.1. The van der Waals surface area contributed by atoms with E-state index in [1.807, 2.05) is 34.6 Å². The number of hydrogen-bond acceptors (Lipinski definition) is 7. The fraction of sp³-hybridized carbons (Fsp3) is 0.742. The van der Waals surface area contributed by atoms with Crippen molar-refractivity contribution in [3.8, 4) is 0 Å². The van der Waals surface area contributed by atoms with Gasteiger partial charge in [0.2, 0.25) is 0 Å². The van der Waals surface area contributed by atoms with E-state index in [0.29, 0.717) is 30.4 Å². The summed E-state index contributed by atoms with van der Waals surface area (Å²) in [5.74, 6) is -1.81. The molecule has 0 heterocycles. The molecule has 0 bridgehead atoms. The highest BCUT2D eigenvalue weighted by Crippen LogP contribution is 2.70. The highest BCUT2D eigenvalue weighted by atomic mass is 16.5. The van der Waals surface area contributed by atoms with E-state index in [4.69, 9.17) is 4.74 Å². The minimum Gasteiger partial charge on any atom is -0.469 e. The zero-order valence-electron chi connectivity index (χ0n) is 24.1. The first-order valence-corrected chi connectivity index (χ1v) is 13.9. The Labute approximate surface area is 226 Å². The lowest BCUT2D eigenvalue weighted by molar-refractivity contribution is -0.146. The van der Waals surface area contributed by atoms with E-state index < -0.39 is 45.8 Å². The Morgan fingerprint density at radius 2 is 1.68 bits per heavy atom. The van der Waals surface area contributed by atoms with E-state index in [1.54, 1.807) is 6.92 Å². The van der Waals surface area contributed by atoms with Crippen molar-refractivity contribution in [2.75, 3.05) is 7.11 Å². The first-order valence-electron chi connectivity index (χ1n) is 13.9. The average molecular weight is 529 g/mol. The highest BCUT2D eigenvalue weighted by molar-refractivity contribution is 6.11. The van der Waals surface area contributed by atoms with E-state index in [-0.39, 0.29) is 48.4 Å². The van der Waals surface area contributed by atoms with Crippen LogP contribution in [0.3, 0.4) is 0 Å². The van der Waals surface area contributed by atoms with Crippen LogP contribution in [0, 0.1) is 39.4 Å². The lowest BCUT2D eigenvalue weighted by atomic mass is 9.42. The van der Waals surface area contributed by atoms with Crippen molar-refractivity contribution >= 4 is 23.3 Å². The van der Waals surface area contributed by atoms with Crippen LogP contribution in [0.2, 0.25) is 0 Å². The first-order chi connectivity index (χ1) is 17.5. The summed E-state index contributed by atoms with van der Waals surface area (Å²) in [5.41, 5.74) is -0.942. The molecular weight excluding hydrogens is 484 g/mol. The number of hydrogen-bond donors (Lipinski definition) is 2. The predicted octanol–water partition coefficient (Wildman–Crippen LogP) is 4.14. The fourth-order valence-electron chi connectivity index (χ4n) is 8.87. The van der Waals surface area contributed by atoms with Crippen LogP contribution in [0.15, 0.2) is 22.8 Å². The highest BCUT2D eigenvalue weighted by Gasteiger charge is 2.69. The number of allylic oxidation sites excluding steroid dienone is 3. The summed E-state index contributed by atoms with van der Waals surface area (Å²) in [6.45, 7) is 13.4. The molecule has 7 heteroatoms. The van der Waals surface area contributed by atoms with Gasteiger partial charge in [0.1, 0.15) is 0 Å². The molecule has 2 saturated carbocycles. The van der Waals surface area contributed by atoms with Crippen LogP contribution in [0.25, 0.3) is 0 Å². The minimum absolute atomic E-state index is 0.0152. The normalized spacial score (nSPS) is 41.3. The van der Waals surface area contributed by atoms with Gasteiger partial charge in [0.15, 0.2) is 17.3 Å². The Kier molecular flexibility index (Phi) is 7.01. The zero-order valence-corrected chi connectivity index (χ0v) is 24.1. The lowest BCUT2D eigenvalue weighted by Crippen LogP contribution is -2.60. The van der Waals surface area contributed by atoms with Gasteiger partial charge in [0.25, 0.3) is 0 Å². The van der Waals surface area contributed by atoms with Crippen LogP contribution in [0.5, 0.6) is 0 Å². The van der Waals surface area contributed by atoms with Gasteiger partial charge in [-0.25, -0.2) is 0 Å². The van der Waals surface area contributed by atoms with Crippen LogP contribution in [-0.4, -0.2) is 52.8 Å². The second kappa shape index (κ2) is 9.22. The van der Waals surface area contributed by atoms with Crippen molar-refractivity contribution in [2.24, 2.45) is 39.4 Å². The Morgan fingerprint density at radius 1 is 1.05 bits per heavy atom. The lowest BCUT2D eigenvalue weighted by Gasteiger charge is -2.60. The molecule has 0 spiro atoms. The second-order valence-electron chi connectivity index (χ2n) is 13.7. The number of carbonyl (C=O) groups excluding carboxylic acids is 4. The molecule has 4 aliphatic rings. The van der Waals surface area contributed by atoms with Crippen molar-refractivity contribution < 1.29 is 34.1 Å². The monoisotopic (exact) mass is 528 g/mol. The minimum atomic E-state index is -0.941. The number of esters is 1. The molecule has 2 fully saturated rings. The summed E-state index contributed by atoms with van der Waals surface area (Å²) in [7, 11) is 1.29. The third-order valence-electron chi connectivity index (χ3n) is 11.4. The number of rotatable bonds is 5. The molecule has 0 saturated heterocycles. The van der Waals surface area contributed by atoms with E-state index in [9.17, 15) is 29.4 Å². The largest absolute Gasteiger partial charge is 0.469 e. The molecule has 8 unspecified atom stereocenters. The Hall–Kier alpha value is -2.12. The van der Waals surface area contributed by atoms with Gasteiger partial charge in [-0.3, -0.25) is 19.2 Å². The number of Topliss-reactive ketones (excluding diaryl/α,β-unsaturated/α-hetero) is 2. The number of fused-ring (bicyclic) bond motifs is 4. The van der Waals surface area contributed by atoms with Gasteiger partial charge in [-0.2, -0.15) is 0 Å². The average Bonchev–Trinajstić information content (AvgIpc) is 3.03. The first kappa shape index (κ1) is 28.9. The van der Waals surface area contributed by atoms with Crippen molar-refractivity contribution in [1.82, 2.24) is 0 Å². The predicted molar refractivity (Wildman–Crippen MR) is 142 cm³/mol. The van der Waals surface area contributed by atoms with Gasteiger partial charge in [-0.05, 0) is 54.9 Å². The van der Waals surface area contributed by atoms with Crippen LogP contribution < -0.4 is 0 Å². The standard InChI is InChI=1S/C31H44O7/c1-16(11-18(32)12-17(2)27(37)38-8)19-13-24(36)31(7)26-20(33)14-22-28(3,4)23(35)9-10-29(22,5)25(26)21(34)15-30(19,31)6/h11,17,19,22-24,35-36H,9-10,12-15H2,1-8H3. The third-order valence-corrected chi connectivity index (χ3v) is 11.4. The van der Waals surface area contributed by atoms with E-state index in [1.165, 1.54) is 13.2 Å². The number of carbonyl (C=O) groups is 4. The molecule has 2 N–H and O–H groups in total. The fourth-order valence-corrected chi connectivity index (χ4v) is 8.87. The topological polar surface area (TPSA) is 118 Å². The molecule has 0 aromatic rings. The Bertz CT molecular complexity index is 1140. The number of aliphatic hydroxyl groups excluding tert-OH is 2. The molecule has 0 aromatic carbocycles. The molecule has 0 aromatic heterocycles. The summed E-state index contributed by atoms with van der Waals surface area (Å²) in [6, 6.07) is 0. The molecule has 4 rings (SSSR count). The van der Waals surface area contributed by atoms with Gasteiger partial charge < -0.3 is 14.9 Å². The summed E-state index contributed by atoms with van der Waals surface area (Å²) < 4.78 is 4.74. The van der Waals surface area contributed by atoms with Gasteiger partial charge >= 0.3 is 5.97 Å². The van der Waals surface area contributed by atoms with E-state index in [0.717, 1.165) is 5.57 Å². The van der Waals surface area contributed by atoms with Gasteiger partial charge in [0, 0.05) is 41.2 Å². The maximum Gasteiger partial charge on any atom is 0.308 e. The maximum atomic E-state index is 14.1. The molecule has 0 aliphatic heterocycles. The van der Waals surface area contributed by atoms with Crippen LogP contribution >= 0.6 is 0 Å². The summed E-state index contributed by atoms with van der Waals surface area (Å²) in [4.78, 5) is 52.6. The van der Waals surface area contributed by atoms with Gasteiger partial charge in [0.05, 0.1) is 25.2 Å². The van der Waals surface area contributed by atoms with Crippen LogP contribution in [0.4, 0.5) is 0 Å². The van der Waals surface area contributed by atoms with Gasteiger partial charge in [-0.15, -0.1) is 0 Å². The van der Waals surface area contributed by atoms with Gasteiger partial charge in [-0.1, -0.05) is 47.1 Å². The number of ether oxygens (including phenoxy) is 1. The van der Waals surface area contributed by atoms with E-state index >= 15 is 0 Å². The molecule has 4 aliphatic carbocycles. The summed E-state index contributed by atoms with van der Waals surface area (Å²) in [6.07, 6.45) is 2.11. The number of aliphatic hydroxyl groups is 2. The zero-order chi connectivity index (χ0) is 28.6.